The molecule has 0 unspecified atom stereocenters. The van der Waals surface area contributed by atoms with E-state index in [0.29, 0.717) is 0 Å². The Kier molecular flexibility index (Phi) is 5.13. The molecular formula is C12H20N2S2. The van der Waals surface area contributed by atoms with Crippen LogP contribution in [-0.2, 0) is 12.8 Å². The Balaban J connectivity index is 1.66. The third kappa shape index (κ3) is 3.75. The third-order valence-electron chi connectivity index (χ3n) is 2.88. The molecule has 0 amide bonds. The first-order valence-electron chi connectivity index (χ1n) is 6.13. The molecule has 1 fully saturated rings. The number of aromatic nitrogens is 1. The topological polar surface area (TPSA) is 24.9 Å². The first kappa shape index (κ1) is 12.4. The van der Waals surface area contributed by atoms with Crippen molar-refractivity contribution in [3.05, 3.63) is 16.1 Å². The molecule has 0 aromatic carbocycles. The van der Waals surface area contributed by atoms with E-state index in [1.165, 1.54) is 34.2 Å². The summed E-state index contributed by atoms with van der Waals surface area (Å²) in [6, 6.07) is 0.740. The van der Waals surface area contributed by atoms with Crippen LogP contribution in [0.2, 0.25) is 0 Å². The first-order valence-corrected chi connectivity index (χ1v) is 8.10. The monoisotopic (exact) mass is 256 g/mol. The Labute approximate surface area is 106 Å². The highest BCUT2D eigenvalue weighted by atomic mass is 32.2. The van der Waals surface area contributed by atoms with Crippen LogP contribution in [0.15, 0.2) is 6.20 Å². The van der Waals surface area contributed by atoms with E-state index in [1.54, 1.807) is 0 Å². The highest BCUT2D eigenvalue weighted by Gasteiger charge is 2.12. The quantitative estimate of drug-likeness (QED) is 0.877. The Morgan fingerprint density at radius 2 is 2.50 bits per heavy atom. The van der Waals surface area contributed by atoms with Gasteiger partial charge in [-0.1, -0.05) is 6.92 Å². The molecule has 4 heteroatoms. The number of thioether (sulfide) groups is 1. The lowest BCUT2D eigenvalue weighted by atomic mass is 10.2. The van der Waals surface area contributed by atoms with Crippen molar-refractivity contribution < 1.29 is 0 Å². The van der Waals surface area contributed by atoms with Crippen LogP contribution < -0.4 is 5.32 Å². The van der Waals surface area contributed by atoms with Gasteiger partial charge in [-0.25, -0.2) is 4.98 Å². The number of nitrogens with zero attached hydrogens (tertiary/aromatic N) is 1. The van der Waals surface area contributed by atoms with Gasteiger partial charge in [0.1, 0.15) is 0 Å². The molecule has 1 N–H and O–H groups in total. The second-order valence-electron chi connectivity index (χ2n) is 4.19. The van der Waals surface area contributed by atoms with Crippen molar-refractivity contribution in [1.82, 2.24) is 10.3 Å². The lowest BCUT2D eigenvalue weighted by Gasteiger charge is -2.22. The molecule has 1 atom stereocenters. The van der Waals surface area contributed by atoms with Gasteiger partial charge in [0.2, 0.25) is 0 Å². The van der Waals surface area contributed by atoms with E-state index in [2.05, 4.69) is 29.0 Å². The summed E-state index contributed by atoms with van der Waals surface area (Å²) >= 11 is 3.94. The minimum atomic E-state index is 0.740. The van der Waals surface area contributed by atoms with Gasteiger partial charge >= 0.3 is 0 Å². The minimum absolute atomic E-state index is 0.740. The van der Waals surface area contributed by atoms with Crippen LogP contribution in [0.4, 0.5) is 0 Å². The normalized spacial score (nSPS) is 21.2. The van der Waals surface area contributed by atoms with Gasteiger partial charge in [0.05, 0.1) is 5.01 Å². The maximum Gasteiger partial charge on any atom is 0.0940 e. The molecule has 1 aromatic heterocycles. The zero-order valence-corrected chi connectivity index (χ0v) is 11.5. The van der Waals surface area contributed by atoms with Gasteiger partial charge in [-0.05, 0) is 25.0 Å². The average molecular weight is 256 g/mol. The molecule has 0 saturated carbocycles. The van der Waals surface area contributed by atoms with Gasteiger partial charge in [0.15, 0.2) is 0 Å². The average Bonchev–Trinajstić information content (AvgIpc) is 2.78. The molecule has 90 valence electrons. The number of hydrogen-bond donors (Lipinski definition) is 1. The molecular weight excluding hydrogens is 236 g/mol. The fourth-order valence-corrected chi connectivity index (χ4v) is 3.88. The van der Waals surface area contributed by atoms with Gasteiger partial charge < -0.3 is 5.32 Å². The maximum atomic E-state index is 4.44. The van der Waals surface area contributed by atoms with E-state index < -0.39 is 0 Å². The van der Waals surface area contributed by atoms with Crippen molar-refractivity contribution in [2.24, 2.45) is 0 Å². The zero-order valence-electron chi connectivity index (χ0n) is 9.87. The van der Waals surface area contributed by atoms with Crippen molar-refractivity contribution in [2.45, 2.75) is 38.6 Å². The van der Waals surface area contributed by atoms with Crippen LogP contribution in [0.3, 0.4) is 0 Å². The van der Waals surface area contributed by atoms with E-state index in [0.717, 1.165) is 25.4 Å². The van der Waals surface area contributed by atoms with E-state index in [4.69, 9.17) is 0 Å². The summed E-state index contributed by atoms with van der Waals surface area (Å²) in [5.41, 5.74) is 0. The van der Waals surface area contributed by atoms with Gasteiger partial charge in [0.25, 0.3) is 0 Å². The lowest BCUT2D eigenvalue weighted by Crippen LogP contribution is -2.35. The van der Waals surface area contributed by atoms with Crippen LogP contribution in [0.1, 0.15) is 29.7 Å². The van der Waals surface area contributed by atoms with Crippen LogP contribution in [0.5, 0.6) is 0 Å². The number of thiazole rings is 1. The first-order chi connectivity index (χ1) is 7.88. The number of hydrogen-bond acceptors (Lipinski definition) is 4. The van der Waals surface area contributed by atoms with Crippen molar-refractivity contribution >= 4 is 23.1 Å². The number of aryl methyl sites for hydroxylation is 1. The predicted molar refractivity (Wildman–Crippen MR) is 73.5 cm³/mol. The minimum Gasteiger partial charge on any atom is -0.313 e. The number of rotatable bonds is 5. The summed E-state index contributed by atoms with van der Waals surface area (Å²) in [6.07, 6.45) is 6.96. The van der Waals surface area contributed by atoms with Gasteiger partial charge in [-0.2, -0.15) is 11.8 Å². The summed E-state index contributed by atoms with van der Waals surface area (Å²) < 4.78 is 0. The maximum absolute atomic E-state index is 4.44. The molecule has 2 nitrogen and oxygen atoms in total. The summed E-state index contributed by atoms with van der Waals surface area (Å²) in [5, 5.41) is 4.93. The molecule has 1 aromatic rings. The van der Waals surface area contributed by atoms with Crippen molar-refractivity contribution in [1.29, 1.82) is 0 Å². The summed E-state index contributed by atoms with van der Waals surface area (Å²) in [6.45, 7) is 3.27. The van der Waals surface area contributed by atoms with E-state index >= 15 is 0 Å². The Morgan fingerprint density at radius 3 is 3.19 bits per heavy atom. The second-order valence-corrected chi connectivity index (χ2v) is 6.54. The highest BCUT2D eigenvalue weighted by Crippen LogP contribution is 2.17. The fraction of sp³-hybridized carbons (Fsp3) is 0.750. The summed E-state index contributed by atoms with van der Waals surface area (Å²) in [7, 11) is 0. The fourth-order valence-electron chi connectivity index (χ4n) is 1.91. The van der Waals surface area contributed by atoms with Crippen LogP contribution >= 0.6 is 23.1 Å². The standard InChI is InChI=1S/C12H20N2S2/c1-2-11-8-14-12(16-11)5-6-13-10-4-3-7-15-9-10/h8,10,13H,2-7,9H2,1H3/t10-/m0/s1. The number of nitrogens with one attached hydrogen (secondary N) is 1. The van der Waals surface area contributed by atoms with Crippen molar-refractivity contribution in [2.75, 3.05) is 18.1 Å². The summed E-state index contributed by atoms with van der Waals surface area (Å²) in [5.74, 6) is 2.64. The van der Waals surface area contributed by atoms with Gasteiger partial charge in [0, 0.05) is 35.8 Å². The predicted octanol–water partition coefficient (Wildman–Crippen LogP) is 2.73. The van der Waals surface area contributed by atoms with Gasteiger partial charge in [-0.3, -0.25) is 0 Å². The van der Waals surface area contributed by atoms with E-state index in [1.807, 2.05) is 17.5 Å². The molecule has 0 bridgehead atoms. The largest absolute Gasteiger partial charge is 0.313 e. The van der Waals surface area contributed by atoms with Crippen molar-refractivity contribution in [3.8, 4) is 0 Å². The van der Waals surface area contributed by atoms with Crippen LogP contribution in [0.25, 0.3) is 0 Å². The Hall–Kier alpha value is -0.0600. The molecule has 0 aliphatic carbocycles. The zero-order chi connectivity index (χ0) is 11.2. The molecule has 1 aliphatic heterocycles. The molecule has 0 radical (unpaired) electrons. The SMILES string of the molecule is CCc1cnc(CCN[C@H]2CCCSC2)s1. The molecule has 1 saturated heterocycles. The molecule has 16 heavy (non-hydrogen) atoms. The molecule has 1 aliphatic rings. The van der Waals surface area contributed by atoms with Gasteiger partial charge in [-0.15, -0.1) is 11.3 Å². The second kappa shape index (κ2) is 6.62. The Bertz CT molecular complexity index is 306. The Morgan fingerprint density at radius 1 is 1.56 bits per heavy atom. The smallest absolute Gasteiger partial charge is 0.0940 e. The van der Waals surface area contributed by atoms with Crippen molar-refractivity contribution in [3.63, 3.8) is 0 Å². The molecule has 2 heterocycles. The lowest BCUT2D eigenvalue weighted by molar-refractivity contribution is 0.511. The van der Waals surface area contributed by atoms with Crippen LogP contribution in [-0.4, -0.2) is 29.1 Å². The molecule has 0 spiro atoms. The highest BCUT2D eigenvalue weighted by molar-refractivity contribution is 7.99. The van der Waals surface area contributed by atoms with E-state index in [9.17, 15) is 0 Å². The summed E-state index contributed by atoms with van der Waals surface area (Å²) in [4.78, 5) is 5.85. The van der Waals surface area contributed by atoms with Crippen LogP contribution in [0, 0.1) is 0 Å². The molecule has 2 rings (SSSR count). The third-order valence-corrected chi connectivity index (χ3v) is 5.30. The van der Waals surface area contributed by atoms with E-state index in [-0.39, 0.29) is 0 Å².